The van der Waals surface area contributed by atoms with Gasteiger partial charge in [-0.1, -0.05) is 6.92 Å². The molecule has 3 rings (SSSR count). The van der Waals surface area contributed by atoms with E-state index in [1.54, 1.807) is 13.8 Å². The van der Waals surface area contributed by atoms with Crippen molar-refractivity contribution in [2.24, 2.45) is 0 Å². The van der Waals surface area contributed by atoms with Gasteiger partial charge in [0.15, 0.2) is 11.7 Å². The van der Waals surface area contributed by atoms with Gasteiger partial charge in [-0.2, -0.15) is 8.99 Å². The minimum Gasteiger partial charge on any atom is -0.464 e. The van der Waals surface area contributed by atoms with Crippen molar-refractivity contribution in [2.75, 3.05) is 32.9 Å². The molecule has 2 aromatic rings. The molecule has 0 saturated carbocycles. The second-order valence-corrected chi connectivity index (χ2v) is 7.95. The summed E-state index contributed by atoms with van der Waals surface area (Å²) in [5, 5.41) is 4.16. The molecule has 1 fully saturated rings. The Morgan fingerprint density at radius 1 is 1.30 bits per heavy atom. The molecule has 1 saturated heterocycles. The number of rotatable bonds is 6. The van der Waals surface area contributed by atoms with Gasteiger partial charge in [0.25, 0.3) is 0 Å². The van der Waals surface area contributed by atoms with Gasteiger partial charge in [-0.15, -0.1) is 5.10 Å². The van der Waals surface area contributed by atoms with E-state index in [9.17, 15) is 18.0 Å². The Kier molecular flexibility index (Phi) is 5.63. The number of ether oxygens (including phenoxy) is 2. The summed E-state index contributed by atoms with van der Waals surface area (Å²) in [6.07, 6.45) is 1.56. The van der Waals surface area contributed by atoms with Crippen LogP contribution in [0.2, 0.25) is 0 Å². The highest BCUT2D eigenvalue weighted by atomic mass is 32.2. The van der Waals surface area contributed by atoms with E-state index in [-0.39, 0.29) is 30.2 Å². The Morgan fingerprint density at radius 3 is 2.63 bits per heavy atom. The first kappa shape index (κ1) is 19.5. The Labute approximate surface area is 156 Å². The number of fused-ring (bicyclic) bond motifs is 1. The summed E-state index contributed by atoms with van der Waals surface area (Å²) in [7, 11) is -3.75. The van der Waals surface area contributed by atoms with Crippen molar-refractivity contribution in [3.8, 4) is 0 Å². The molecule has 3 heterocycles. The van der Waals surface area contributed by atoms with Gasteiger partial charge in [-0.25, -0.2) is 22.4 Å². The van der Waals surface area contributed by atoms with Crippen LogP contribution in [0.25, 0.3) is 5.65 Å². The fraction of sp³-hybridized carbons (Fsp3) is 0.562. The van der Waals surface area contributed by atoms with Gasteiger partial charge in [0.2, 0.25) is 10.0 Å². The van der Waals surface area contributed by atoms with E-state index in [2.05, 4.69) is 5.10 Å². The quantitative estimate of drug-likeness (QED) is 0.631. The molecule has 0 unspecified atom stereocenters. The summed E-state index contributed by atoms with van der Waals surface area (Å²) in [4.78, 5) is 24.8. The Balaban J connectivity index is 2.02. The predicted octanol–water partition coefficient (Wildman–Crippen LogP) is 0.0311. The van der Waals surface area contributed by atoms with Gasteiger partial charge < -0.3 is 9.47 Å². The van der Waals surface area contributed by atoms with Crippen molar-refractivity contribution >= 4 is 21.6 Å². The topological polar surface area (TPSA) is 112 Å². The van der Waals surface area contributed by atoms with Crippen molar-refractivity contribution in [3.63, 3.8) is 0 Å². The number of hydrogen-bond donors (Lipinski definition) is 0. The molecule has 0 aromatic carbocycles. The van der Waals surface area contributed by atoms with Crippen molar-refractivity contribution in [1.82, 2.24) is 18.5 Å². The van der Waals surface area contributed by atoms with E-state index in [0.29, 0.717) is 19.6 Å². The highest BCUT2D eigenvalue weighted by molar-refractivity contribution is 7.89. The van der Waals surface area contributed by atoms with Crippen LogP contribution in [-0.4, -0.2) is 65.8 Å². The molecule has 1 aliphatic rings. The second-order valence-electron chi connectivity index (χ2n) is 6.01. The van der Waals surface area contributed by atoms with Crippen LogP contribution in [0, 0.1) is 0 Å². The maximum absolute atomic E-state index is 12.8. The number of esters is 1. The van der Waals surface area contributed by atoms with E-state index >= 15 is 0 Å². The monoisotopic (exact) mass is 398 g/mol. The highest BCUT2D eigenvalue weighted by Gasteiger charge is 2.28. The Morgan fingerprint density at radius 2 is 2.00 bits per heavy atom. The lowest BCUT2D eigenvalue weighted by Crippen LogP contribution is -2.40. The van der Waals surface area contributed by atoms with E-state index in [1.807, 2.05) is 0 Å². The molecular weight excluding hydrogens is 376 g/mol. The first-order valence-electron chi connectivity index (χ1n) is 8.75. The molecule has 27 heavy (non-hydrogen) atoms. The number of aromatic nitrogens is 3. The lowest BCUT2D eigenvalue weighted by molar-refractivity contribution is -0.147. The van der Waals surface area contributed by atoms with Crippen LogP contribution < -0.4 is 5.69 Å². The highest BCUT2D eigenvalue weighted by Crippen LogP contribution is 2.18. The maximum atomic E-state index is 12.8. The number of hydrogen-bond acceptors (Lipinski definition) is 7. The molecule has 10 nitrogen and oxygen atoms in total. The lowest BCUT2D eigenvalue weighted by atomic mass is 10.2. The van der Waals surface area contributed by atoms with Crippen molar-refractivity contribution in [1.29, 1.82) is 0 Å². The fourth-order valence-corrected chi connectivity index (χ4v) is 4.35. The predicted molar refractivity (Wildman–Crippen MR) is 95.0 cm³/mol. The molecule has 0 N–H and O–H groups in total. The number of sulfonamides is 1. The van der Waals surface area contributed by atoms with Crippen LogP contribution in [0.15, 0.2) is 28.0 Å². The van der Waals surface area contributed by atoms with E-state index in [0.717, 1.165) is 9.08 Å². The summed E-state index contributed by atoms with van der Waals surface area (Å²) in [6, 6.07) is 1.99. The van der Waals surface area contributed by atoms with Crippen molar-refractivity contribution in [2.45, 2.75) is 31.2 Å². The van der Waals surface area contributed by atoms with E-state index in [1.165, 1.54) is 22.6 Å². The van der Waals surface area contributed by atoms with Gasteiger partial charge in [0.05, 0.1) is 24.7 Å². The fourth-order valence-electron chi connectivity index (χ4n) is 2.94. The number of morpholine rings is 1. The Bertz CT molecular complexity index is 990. The average molecular weight is 398 g/mol. The SMILES string of the molecule is CCOC(=O)[C@@H](CC)n1nc2ccc(S(=O)(=O)N3CCOCC3)cn2c1=O. The summed E-state index contributed by atoms with van der Waals surface area (Å²) >= 11 is 0. The molecular formula is C16H22N4O6S. The molecule has 0 spiro atoms. The van der Waals surface area contributed by atoms with Crippen molar-refractivity contribution < 1.29 is 22.7 Å². The molecule has 148 valence electrons. The maximum Gasteiger partial charge on any atom is 0.351 e. The van der Waals surface area contributed by atoms with Crippen LogP contribution in [-0.2, 0) is 24.3 Å². The smallest absolute Gasteiger partial charge is 0.351 e. The number of carbonyl (C=O) groups excluding carboxylic acids is 1. The third kappa shape index (κ3) is 3.62. The normalized spacial score (nSPS) is 17.1. The largest absolute Gasteiger partial charge is 0.464 e. The third-order valence-corrected chi connectivity index (χ3v) is 6.24. The van der Waals surface area contributed by atoms with Crippen LogP contribution in [0.5, 0.6) is 0 Å². The van der Waals surface area contributed by atoms with Crippen molar-refractivity contribution in [3.05, 3.63) is 28.8 Å². The third-order valence-electron chi connectivity index (χ3n) is 4.36. The molecule has 0 radical (unpaired) electrons. The van der Waals surface area contributed by atoms with Gasteiger partial charge in [0.1, 0.15) is 0 Å². The van der Waals surface area contributed by atoms with Crippen LogP contribution in [0.3, 0.4) is 0 Å². The van der Waals surface area contributed by atoms with Gasteiger partial charge in [-0.3, -0.25) is 0 Å². The summed E-state index contributed by atoms with van der Waals surface area (Å²) < 4.78 is 39.2. The molecule has 0 amide bonds. The lowest BCUT2D eigenvalue weighted by Gasteiger charge is -2.25. The Hall–Kier alpha value is -2.24. The molecule has 0 aliphatic carbocycles. The molecule has 1 aliphatic heterocycles. The zero-order chi connectivity index (χ0) is 19.6. The summed E-state index contributed by atoms with van der Waals surface area (Å²) in [5.41, 5.74) is -0.340. The van der Waals surface area contributed by atoms with Gasteiger partial charge in [-0.05, 0) is 25.5 Å². The first-order chi connectivity index (χ1) is 12.9. The zero-order valence-corrected chi connectivity index (χ0v) is 16.0. The van der Waals surface area contributed by atoms with Gasteiger partial charge >= 0.3 is 11.7 Å². The van der Waals surface area contributed by atoms with Crippen LogP contribution in [0.4, 0.5) is 0 Å². The average Bonchev–Trinajstić information content (AvgIpc) is 2.99. The van der Waals surface area contributed by atoms with E-state index < -0.39 is 27.7 Å². The molecule has 11 heteroatoms. The van der Waals surface area contributed by atoms with Crippen LogP contribution >= 0.6 is 0 Å². The number of carbonyl (C=O) groups is 1. The second kappa shape index (κ2) is 7.79. The van der Waals surface area contributed by atoms with Gasteiger partial charge in [0, 0.05) is 19.3 Å². The summed E-state index contributed by atoms with van der Waals surface area (Å²) in [5.74, 6) is -0.549. The zero-order valence-electron chi connectivity index (χ0n) is 15.2. The first-order valence-corrected chi connectivity index (χ1v) is 10.2. The summed E-state index contributed by atoms with van der Waals surface area (Å²) in [6.45, 7) is 4.80. The van der Waals surface area contributed by atoms with Crippen LogP contribution in [0.1, 0.15) is 26.3 Å². The van der Waals surface area contributed by atoms with E-state index in [4.69, 9.17) is 9.47 Å². The minimum absolute atomic E-state index is 0.0114. The minimum atomic E-state index is -3.75. The molecule has 1 atom stereocenters. The number of pyridine rings is 1. The standard InChI is InChI=1S/C16H22N4O6S/c1-3-13(15(21)26-4-2)20-16(22)19-11-12(5-6-14(19)17-20)27(23,24)18-7-9-25-10-8-18/h5-6,11,13H,3-4,7-10H2,1-2H3/t13-/m1/s1. The molecule has 0 bridgehead atoms. The number of nitrogens with zero attached hydrogens (tertiary/aromatic N) is 4. The molecule has 2 aromatic heterocycles.